The first-order valence-electron chi connectivity index (χ1n) is 12.9. The van der Waals surface area contributed by atoms with E-state index >= 15 is 0 Å². The average Bonchev–Trinajstić information content (AvgIpc) is 3.21. The summed E-state index contributed by atoms with van der Waals surface area (Å²) in [7, 11) is 0. The normalized spacial score (nSPS) is 17.9. The number of benzene rings is 2. The Balaban J connectivity index is 1.41. The minimum atomic E-state index is -0.525. The number of nitrogens with zero attached hydrogens (tertiary/aromatic N) is 3. The van der Waals surface area contributed by atoms with Gasteiger partial charge < -0.3 is 0 Å². The molecule has 1 aliphatic heterocycles. The molecule has 0 N–H and O–H groups in total. The van der Waals surface area contributed by atoms with Gasteiger partial charge in [0.2, 0.25) is 5.91 Å². The molecule has 4 aromatic rings. The Morgan fingerprint density at radius 2 is 1.74 bits per heavy atom. The van der Waals surface area contributed by atoms with E-state index in [0.717, 1.165) is 54.6 Å². The molecule has 6 rings (SSSR count). The number of aromatic nitrogens is 2. The molecule has 0 spiro atoms. The summed E-state index contributed by atoms with van der Waals surface area (Å²) in [5, 5.41) is 1.21. The summed E-state index contributed by atoms with van der Waals surface area (Å²) in [4.78, 5) is 49.4. The molecule has 1 saturated heterocycles. The fraction of sp³-hybridized carbons (Fsp3) is 0.310. The standard InChI is InChI=1S/C29H26ClN3O3S2/c30-19-15-13-18(14-16-19)26(34)32-17-7-6-12-23(27(32)35)38-29-31-25-24(21-10-4-5-11-22(21)37-25)28(36)33(29)20-8-2-1-3-9-20/h1-3,8-9,13-16,23H,4-7,10-12,17H2. The molecule has 1 aliphatic carbocycles. The van der Waals surface area contributed by atoms with Crippen LogP contribution in [0.15, 0.2) is 64.5 Å². The van der Waals surface area contributed by atoms with Gasteiger partial charge in [-0.3, -0.25) is 23.9 Å². The Morgan fingerprint density at radius 3 is 2.53 bits per heavy atom. The molecule has 194 valence electrons. The fourth-order valence-corrected chi connectivity index (χ4v) is 7.90. The molecule has 3 heterocycles. The zero-order valence-electron chi connectivity index (χ0n) is 20.7. The number of fused-ring (bicyclic) bond motifs is 3. The molecule has 38 heavy (non-hydrogen) atoms. The third-order valence-electron chi connectivity index (χ3n) is 7.20. The van der Waals surface area contributed by atoms with Crippen molar-refractivity contribution in [3.8, 4) is 5.69 Å². The van der Waals surface area contributed by atoms with E-state index < -0.39 is 5.25 Å². The van der Waals surface area contributed by atoms with E-state index in [1.807, 2.05) is 30.3 Å². The Hall–Kier alpha value is -2.94. The lowest BCUT2D eigenvalue weighted by atomic mass is 9.97. The minimum absolute atomic E-state index is 0.0849. The molecule has 2 aliphatic rings. The topological polar surface area (TPSA) is 72.3 Å². The van der Waals surface area contributed by atoms with E-state index in [1.165, 1.54) is 21.5 Å². The Labute approximate surface area is 233 Å². The van der Waals surface area contributed by atoms with Gasteiger partial charge in [0.25, 0.3) is 11.5 Å². The van der Waals surface area contributed by atoms with E-state index in [9.17, 15) is 14.4 Å². The molecule has 2 aromatic heterocycles. The van der Waals surface area contributed by atoms with Crippen molar-refractivity contribution in [2.45, 2.75) is 55.4 Å². The number of imide groups is 1. The highest BCUT2D eigenvalue weighted by atomic mass is 35.5. The monoisotopic (exact) mass is 563 g/mol. The fourth-order valence-electron chi connectivity index (χ4n) is 5.26. The summed E-state index contributed by atoms with van der Waals surface area (Å²) in [5.41, 5.74) is 2.21. The van der Waals surface area contributed by atoms with Crippen LogP contribution in [0.4, 0.5) is 0 Å². The van der Waals surface area contributed by atoms with Crippen molar-refractivity contribution < 1.29 is 9.59 Å². The molecule has 9 heteroatoms. The first kappa shape index (κ1) is 25.3. The number of thioether (sulfide) groups is 1. The minimum Gasteiger partial charge on any atom is -0.278 e. The molecular weight excluding hydrogens is 538 g/mol. The van der Waals surface area contributed by atoms with E-state index in [1.54, 1.807) is 40.2 Å². The number of thiophene rings is 1. The van der Waals surface area contributed by atoms with Crippen molar-refractivity contribution in [2.24, 2.45) is 0 Å². The highest BCUT2D eigenvalue weighted by Gasteiger charge is 2.34. The summed E-state index contributed by atoms with van der Waals surface area (Å²) < 4.78 is 1.65. The number of halogens is 1. The number of para-hydroxylation sites is 1. The van der Waals surface area contributed by atoms with Gasteiger partial charge >= 0.3 is 0 Å². The van der Waals surface area contributed by atoms with Gasteiger partial charge in [0.05, 0.1) is 16.3 Å². The second-order valence-electron chi connectivity index (χ2n) is 9.67. The lowest BCUT2D eigenvalue weighted by molar-refractivity contribution is -0.127. The van der Waals surface area contributed by atoms with Crippen molar-refractivity contribution in [2.75, 3.05) is 6.54 Å². The third-order valence-corrected chi connectivity index (χ3v) is 9.84. The van der Waals surface area contributed by atoms with Crippen LogP contribution in [0, 0.1) is 0 Å². The average molecular weight is 564 g/mol. The number of carbonyl (C=O) groups is 2. The number of carbonyl (C=O) groups excluding carboxylic acids is 2. The lowest BCUT2D eigenvalue weighted by Crippen LogP contribution is -2.41. The molecule has 1 fully saturated rings. The predicted octanol–water partition coefficient (Wildman–Crippen LogP) is 6.29. The molecule has 0 saturated carbocycles. The maximum Gasteiger partial charge on any atom is 0.267 e. The van der Waals surface area contributed by atoms with Crippen LogP contribution < -0.4 is 5.56 Å². The molecule has 1 atom stereocenters. The van der Waals surface area contributed by atoms with Crippen LogP contribution in [-0.4, -0.2) is 38.1 Å². The van der Waals surface area contributed by atoms with Crippen LogP contribution >= 0.6 is 34.7 Å². The molecule has 2 aromatic carbocycles. The van der Waals surface area contributed by atoms with E-state index in [0.29, 0.717) is 34.1 Å². The summed E-state index contributed by atoms with van der Waals surface area (Å²) in [6.07, 6.45) is 6.23. The molecule has 1 unspecified atom stereocenters. The Morgan fingerprint density at radius 1 is 0.974 bits per heavy atom. The third kappa shape index (κ3) is 4.70. The van der Waals surface area contributed by atoms with Crippen LogP contribution in [0.3, 0.4) is 0 Å². The van der Waals surface area contributed by atoms with Crippen LogP contribution in [0.25, 0.3) is 15.9 Å². The highest BCUT2D eigenvalue weighted by molar-refractivity contribution is 8.00. The summed E-state index contributed by atoms with van der Waals surface area (Å²) in [5.74, 6) is -0.569. The van der Waals surface area contributed by atoms with Gasteiger partial charge in [0.15, 0.2) is 5.16 Å². The van der Waals surface area contributed by atoms with Crippen LogP contribution in [0.1, 0.15) is 52.9 Å². The summed E-state index contributed by atoms with van der Waals surface area (Å²) in [6.45, 7) is 0.368. The van der Waals surface area contributed by atoms with E-state index in [2.05, 4.69) is 0 Å². The predicted molar refractivity (Wildman–Crippen MR) is 153 cm³/mol. The van der Waals surface area contributed by atoms with Gasteiger partial charge in [-0.1, -0.05) is 48.0 Å². The number of hydrogen-bond acceptors (Lipinski definition) is 6. The highest BCUT2D eigenvalue weighted by Crippen LogP contribution is 2.37. The largest absolute Gasteiger partial charge is 0.278 e. The van der Waals surface area contributed by atoms with Crippen molar-refractivity contribution in [1.29, 1.82) is 0 Å². The van der Waals surface area contributed by atoms with Crippen molar-refractivity contribution in [3.63, 3.8) is 0 Å². The van der Waals surface area contributed by atoms with Gasteiger partial charge in [-0.25, -0.2) is 4.98 Å². The second-order valence-corrected chi connectivity index (χ2v) is 12.4. The van der Waals surface area contributed by atoms with Crippen LogP contribution in [-0.2, 0) is 17.6 Å². The number of likely N-dealkylation sites (tertiary alicyclic amines) is 1. The van der Waals surface area contributed by atoms with E-state index in [4.69, 9.17) is 16.6 Å². The maximum absolute atomic E-state index is 14.0. The Bertz CT molecular complexity index is 1580. The quantitative estimate of drug-likeness (QED) is 0.215. The Kier molecular flexibility index (Phi) is 7.12. The summed E-state index contributed by atoms with van der Waals surface area (Å²) in [6, 6.07) is 16.1. The molecule has 0 bridgehead atoms. The first-order chi connectivity index (χ1) is 18.5. The van der Waals surface area contributed by atoms with Crippen molar-refractivity contribution in [3.05, 3.63) is 86.0 Å². The second kappa shape index (κ2) is 10.7. The number of rotatable bonds is 4. The van der Waals surface area contributed by atoms with Gasteiger partial charge in [-0.15, -0.1) is 11.3 Å². The number of aryl methyl sites for hydroxylation is 2. The van der Waals surface area contributed by atoms with Crippen molar-refractivity contribution in [1.82, 2.24) is 14.5 Å². The molecular formula is C29H26ClN3O3S2. The molecule has 6 nitrogen and oxygen atoms in total. The summed E-state index contributed by atoms with van der Waals surface area (Å²) >= 11 is 8.89. The van der Waals surface area contributed by atoms with Crippen molar-refractivity contribution >= 4 is 56.7 Å². The SMILES string of the molecule is O=C(c1ccc(Cl)cc1)N1CCCCC(Sc2nc3sc4c(c3c(=O)n2-c2ccccc2)CCCC4)C1=O. The van der Waals surface area contributed by atoms with E-state index in [-0.39, 0.29) is 17.4 Å². The van der Waals surface area contributed by atoms with Gasteiger partial charge in [-0.05, 0) is 80.5 Å². The number of amides is 2. The zero-order valence-corrected chi connectivity index (χ0v) is 23.1. The van der Waals surface area contributed by atoms with Gasteiger partial charge in [-0.2, -0.15) is 0 Å². The molecule has 0 radical (unpaired) electrons. The molecule has 2 amide bonds. The zero-order chi connectivity index (χ0) is 26.2. The first-order valence-corrected chi connectivity index (χ1v) is 15.0. The number of hydrogen-bond donors (Lipinski definition) is 0. The smallest absolute Gasteiger partial charge is 0.267 e. The van der Waals surface area contributed by atoms with Crippen LogP contribution in [0.2, 0.25) is 5.02 Å². The maximum atomic E-state index is 14.0. The van der Waals surface area contributed by atoms with Crippen LogP contribution in [0.5, 0.6) is 0 Å². The lowest BCUT2D eigenvalue weighted by Gasteiger charge is -2.23. The van der Waals surface area contributed by atoms with Gasteiger partial charge in [0, 0.05) is 22.0 Å². The van der Waals surface area contributed by atoms with Gasteiger partial charge in [0.1, 0.15) is 4.83 Å².